The molecule has 0 radical (unpaired) electrons. The summed E-state index contributed by atoms with van der Waals surface area (Å²) in [5, 5.41) is 5.13. The van der Waals surface area contributed by atoms with Gasteiger partial charge in [-0.3, -0.25) is 0 Å². The molecule has 1 fully saturated rings. The van der Waals surface area contributed by atoms with Gasteiger partial charge < -0.3 is 10.7 Å². The molecule has 0 spiro atoms. The summed E-state index contributed by atoms with van der Waals surface area (Å²) in [5.74, 6) is -1.12. The summed E-state index contributed by atoms with van der Waals surface area (Å²) < 4.78 is 25.7. The van der Waals surface area contributed by atoms with Gasteiger partial charge in [-0.05, 0) is 12.1 Å². The van der Waals surface area contributed by atoms with Gasteiger partial charge in [0, 0.05) is 32.2 Å². The number of nitrogens with one attached hydrogen (secondary N) is 2. The van der Waals surface area contributed by atoms with E-state index in [1.54, 1.807) is 0 Å². The fourth-order valence-corrected chi connectivity index (χ4v) is 1.58. The summed E-state index contributed by atoms with van der Waals surface area (Å²) in [5.41, 5.74) is 3.43. The molecule has 1 saturated heterocycles. The van der Waals surface area contributed by atoms with Crippen molar-refractivity contribution in [3.8, 4) is 0 Å². The Kier molecular flexibility index (Phi) is 3.13. The normalized spacial score (nSPS) is 17.7. The lowest BCUT2D eigenvalue weighted by Crippen LogP contribution is -2.46. The van der Waals surface area contributed by atoms with E-state index in [0.29, 0.717) is 5.69 Å². The highest BCUT2D eigenvalue weighted by molar-refractivity contribution is 5.42. The highest BCUT2D eigenvalue weighted by atomic mass is 19.1. The summed E-state index contributed by atoms with van der Waals surface area (Å²) in [6, 6.07) is 3.43. The van der Waals surface area contributed by atoms with Crippen molar-refractivity contribution in [3.05, 3.63) is 29.8 Å². The lowest BCUT2D eigenvalue weighted by molar-refractivity contribution is 0.287. The van der Waals surface area contributed by atoms with E-state index in [4.69, 9.17) is 0 Å². The van der Waals surface area contributed by atoms with Crippen molar-refractivity contribution in [3.63, 3.8) is 0 Å². The van der Waals surface area contributed by atoms with Crippen molar-refractivity contribution in [1.82, 2.24) is 10.3 Å². The van der Waals surface area contributed by atoms with E-state index in [0.717, 1.165) is 32.2 Å². The molecule has 1 aliphatic heterocycles. The van der Waals surface area contributed by atoms with Gasteiger partial charge in [-0.1, -0.05) is 0 Å². The standard InChI is InChI=1S/C10H13F2N3/c11-8-5-9(12)7-10(6-8)14-15-3-1-13-2-4-15/h5-7,13-14H,1-4H2. The van der Waals surface area contributed by atoms with E-state index in [2.05, 4.69) is 10.7 Å². The molecule has 2 rings (SSSR count). The molecule has 0 atom stereocenters. The third-order valence-electron chi connectivity index (χ3n) is 2.27. The van der Waals surface area contributed by atoms with E-state index < -0.39 is 11.6 Å². The molecule has 0 amide bonds. The maximum atomic E-state index is 12.9. The van der Waals surface area contributed by atoms with Crippen LogP contribution in [-0.2, 0) is 0 Å². The Labute approximate surface area is 87.0 Å². The zero-order valence-corrected chi connectivity index (χ0v) is 8.26. The van der Waals surface area contributed by atoms with Crippen LogP contribution >= 0.6 is 0 Å². The number of benzene rings is 1. The Morgan fingerprint density at radius 1 is 1.07 bits per heavy atom. The average Bonchev–Trinajstić information content (AvgIpc) is 2.17. The fraction of sp³-hybridized carbons (Fsp3) is 0.400. The van der Waals surface area contributed by atoms with Gasteiger partial charge in [0.05, 0.1) is 5.69 Å². The zero-order chi connectivity index (χ0) is 10.7. The number of rotatable bonds is 2. The number of anilines is 1. The van der Waals surface area contributed by atoms with Gasteiger partial charge in [0.15, 0.2) is 0 Å². The van der Waals surface area contributed by atoms with Crippen molar-refractivity contribution in [2.75, 3.05) is 31.6 Å². The highest BCUT2D eigenvalue weighted by Gasteiger charge is 2.09. The van der Waals surface area contributed by atoms with Gasteiger partial charge in [-0.25, -0.2) is 13.8 Å². The van der Waals surface area contributed by atoms with Gasteiger partial charge in [-0.15, -0.1) is 0 Å². The van der Waals surface area contributed by atoms with Crippen molar-refractivity contribution >= 4 is 5.69 Å². The summed E-state index contributed by atoms with van der Waals surface area (Å²) >= 11 is 0. The lowest BCUT2D eigenvalue weighted by atomic mass is 10.3. The molecule has 0 aliphatic carbocycles. The van der Waals surface area contributed by atoms with Crippen LogP contribution in [0.2, 0.25) is 0 Å². The molecular formula is C10H13F2N3. The molecule has 2 N–H and O–H groups in total. The van der Waals surface area contributed by atoms with Crippen LogP contribution < -0.4 is 10.7 Å². The maximum Gasteiger partial charge on any atom is 0.128 e. The van der Waals surface area contributed by atoms with Crippen LogP contribution in [-0.4, -0.2) is 31.2 Å². The summed E-state index contributed by atoms with van der Waals surface area (Å²) in [6.07, 6.45) is 0. The molecule has 3 nitrogen and oxygen atoms in total. The van der Waals surface area contributed by atoms with Crippen LogP contribution in [0.15, 0.2) is 18.2 Å². The Morgan fingerprint density at radius 3 is 2.27 bits per heavy atom. The first kappa shape index (κ1) is 10.3. The Hall–Kier alpha value is -1.20. The molecule has 5 heteroatoms. The number of hydrogen-bond donors (Lipinski definition) is 2. The molecule has 0 aromatic heterocycles. The van der Waals surface area contributed by atoms with E-state index in [9.17, 15) is 8.78 Å². The maximum absolute atomic E-state index is 12.9. The second-order valence-electron chi connectivity index (χ2n) is 3.51. The number of hydrazine groups is 1. The first-order valence-electron chi connectivity index (χ1n) is 4.92. The number of hydrogen-bond acceptors (Lipinski definition) is 3. The fourth-order valence-electron chi connectivity index (χ4n) is 1.58. The van der Waals surface area contributed by atoms with Crippen molar-refractivity contribution in [2.45, 2.75) is 0 Å². The van der Waals surface area contributed by atoms with E-state index in [1.165, 1.54) is 12.1 Å². The Balaban J connectivity index is 2.02. The van der Waals surface area contributed by atoms with Crippen LogP contribution in [0, 0.1) is 11.6 Å². The lowest BCUT2D eigenvalue weighted by Gasteiger charge is -2.28. The summed E-state index contributed by atoms with van der Waals surface area (Å²) in [4.78, 5) is 0. The Morgan fingerprint density at radius 2 is 1.67 bits per heavy atom. The molecule has 0 bridgehead atoms. The van der Waals surface area contributed by atoms with Crippen molar-refractivity contribution < 1.29 is 8.78 Å². The van der Waals surface area contributed by atoms with Crippen molar-refractivity contribution in [2.24, 2.45) is 0 Å². The first-order chi connectivity index (χ1) is 7.24. The molecule has 1 aromatic carbocycles. The Bertz CT molecular complexity index is 317. The SMILES string of the molecule is Fc1cc(F)cc(NN2CCNCC2)c1. The average molecular weight is 213 g/mol. The minimum atomic E-state index is -0.562. The van der Waals surface area contributed by atoms with Gasteiger partial charge in [0.1, 0.15) is 11.6 Å². The summed E-state index contributed by atoms with van der Waals surface area (Å²) in [6.45, 7) is 3.39. The molecule has 0 unspecified atom stereocenters. The topological polar surface area (TPSA) is 27.3 Å². The predicted molar refractivity (Wildman–Crippen MR) is 54.4 cm³/mol. The molecule has 1 aromatic rings. The molecule has 1 aliphatic rings. The van der Waals surface area contributed by atoms with E-state index in [-0.39, 0.29) is 0 Å². The molecule has 15 heavy (non-hydrogen) atoms. The second-order valence-corrected chi connectivity index (χ2v) is 3.51. The van der Waals surface area contributed by atoms with Crippen LogP contribution in [0.25, 0.3) is 0 Å². The predicted octanol–water partition coefficient (Wildman–Crippen LogP) is 1.20. The van der Waals surface area contributed by atoms with Gasteiger partial charge >= 0.3 is 0 Å². The van der Waals surface area contributed by atoms with Gasteiger partial charge in [0.2, 0.25) is 0 Å². The third kappa shape index (κ3) is 2.87. The smallest absolute Gasteiger partial charge is 0.128 e. The minimum absolute atomic E-state index is 0.453. The largest absolute Gasteiger partial charge is 0.319 e. The zero-order valence-electron chi connectivity index (χ0n) is 8.26. The number of nitrogens with zero attached hydrogens (tertiary/aromatic N) is 1. The minimum Gasteiger partial charge on any atom is -0.319 e. The summed E-state index contributed by atoms with van der Waals surface area (Å²) in [7, 11) is 0. The van der Waals surface area contributed by atoms with E-state index in [1.807, 2.05) is 5.01 Å². The van der Waals surface area contributed by atoms with E-state index >= 15 is 0 Å². The van der Waals surface area contributed by atoms with Crippen LogP contribution in [0.5, 0.6) is 0 Å². The molecule has 0 saturated carbocycles. The van der Waals surface area contributed by atoms with Crippen LogP contribution in [0.4, 0.5) is 14.5 Å². The number of halogens is 2. The van der Waals surface area contributed by atoms with Crippen LogP contribution in [0.1, 0.15) is 0 Å². The van der Waals surface area contributed by atoms with Gasteiger partial charge in [0.25, 0.3) is 0 Å². The van der Waals surface area contributed by atoms with Crippen molar-refractivity contribution in [1.29, 1.82) is 0 Å². The third-order valence-corrected chi connectivity index (χ3v) is 2.27. The number of piperazine rings is 1. The first-order valence-corrected chi connectivity index (χ1v) is 4.92. The molecule has 82 valence electrons. The highest BCUT2D eigenvalue weighted by Crippen LogP contribution is 2.13. The van der Waals surface area contributed by atoms with Crippen LogP contribution in [0.3, 0.4) is 0 Å². The molecule has 1 heterocycles. The monoisotopic (exact) mass is 213 g/mol. The quantitative estimate of drug-likeness (QED) is 0.773. The second kappa shape index (κ2) is 4.55. The van der Waals surface area contributed by atoms with Gasteiger partial charge in [-0.2, -0.15) is 0 Å². The molecular weight excluding hydrogens is 200 g/mol.